The third-order valence-corrected chi connectivity index (χ3v) is 4.51. The Morgan fingerprint density at radius 1 is 1.19 bits per heavy atom. The topological polar surface area (TPSA) is 38.8 Å². The Balaban J connectivity index is 1.67. The number of benzene rings is 1. The number of ether oxygens (including phenoxy) is 2. The van der Waals surface area contributed by atoms with Crippen molar-refractivity contribution in [3.63, 3.8) is 0 Å². The molecule has 0 unspecified atom stereocenters. The SMILES string of the molecule is COC[C@@H]1CN(c2ccc(C3CCCCC3)cc2)C(=O)O1. The fourth-order valence-corrected chi connectivity index (χ4v) is 3.37. The third kappa shape index (κ3) is 3.21. The van der Waals surface area contributed by atoms with Gasteiger partial charge in [-0.2, -0.15) is 0 Å². The van der Waals surface area contributed by atoms with E-state index >= 15 is 0 Å². The summed E-state index contributed by atoms with van der Waals surface area (Å²) in [5, 5.41) is 0. The molecule has 1 heterocycles. The van der Waals surface area contributed by atoms with Gasteiger partial charge in [0.1, 0.15) is 6.10 Å². The zero-order chi connectivity index (χ0) is 14.7. The number of methoxy groups -OCH3 is 1. The van der Waals surface area contributed by atoms with Crippen molar-refractivity contribution in [2.45, 2.75) is 44.1 Å². The summed E-state index contributed by atoms with van der Waals surface area (Å²) in [6.45, 7) is 1.01. The number of amides is 1. The molecule has 4 heteroatoms. The van der Waals surface area contributed by atoms with Gasteiger partial charge in [-0.1, -0.05) is 31.4 Å². The zero-order valence-electron chi connectivity index (χ0n) is 12.6. The molecule has 2 aliphatic rings. The second kappa shape index (κ2) is 6.48. The van der Waals surface area contributed by atoms with Gasteiger partial charge in [0.15, 0.2) is 0 Å². The van der Waals surface area contributed by atoms with E-state index in [1.165, 1.54) is 37.7 Å². The van der Waals surface area contributed by atoms with Crippen molar-refractivity contribution in [1.29, 1.82) is 0 Å². The molecule has 0 spiro atoms. The van der Waals surface area contributed by atoms with Gasteiger partial charge in [0, 0.05) is 12.8 Å². The highest BCUT2D eigenvalue weighted by Gasteiger charge is 2.32. The molecule has 4 nitrogen and oxygen atoms in total. The number of hydrogen-bond acceptors (Lipinski definition) is 3. The van der Waals surface area contributed by atoms with E-state index in [1.54, 1.807) is 12.0 Å². The van der Waals surface area contributed by atoms with Gasteiger partial charge in [0.2, 0.25) is 0 Å². The van der Waals surface area contributed by atoms with Gasteiger partial charge < -0.3 is 9.47 Å². The smallest absolute Gasteiger partial charge is 0.414 e. The van der Waals surface area contributed by atoms with Crippen LogP contribution in [0.2, 0.25) is 0 Å². The van der Waals surface area contributed by atoms with Crippen molar-refractivity contribution in [3.05, 3.63) is 29.8 Å². The molecule has 1 aliphatic carbocycles. The number of carbonyl (C=O) groups is 1. The maximum absolute atomic E-state index is 11.9. The van der Waals surface area contributed by atoms with Crippen LogP contribution < -0.4 is 4.90 Å². The van der Waals surface area contributed by atoms with Gasteiger partial charge in [-0.15, -0.1) is 0 Å². The second-order valence-electron chi connectivity index (χ2n) is 6.00. The molecule has 3 rings (SSSR count). The molecule has 1 saturated heterocycles. The number of anilines is 1. The Hall–Kier alpha value is -1.55. The maximum atomic E-state index is 11.9. The van der Waals surface area contributed by atoms with E-state index in [2.05, 4.69) is 12.1 Å². The summed E-state index contributed by atoms with van der Waals surface area (Å²) in [5.74, 6) is 0.694. The van der Waals surface area contributed by atoms with Gasteiger partial charge in [-0.25, -0.2) is 4.79 Å². The quantitative estimate of drug-likeness (QED) is 0.848. The molecule has 1 aliphatic heterocycles. The first-order chi connectivity index (χ1) is 10.3. The molecule has 0 bridgehead atoms. The van der Waals surface area contributed by atoms with E-state index in [9.17, 15) is 4.79 Å². The summed E-state index contributed by atoms with van der Waals surface area (Å²) < 4.78 is 10.3. The minimum absolute atomic E-state index is 0.166. The van der Waals surface area contributed by atoms with Crippen LogP contribution in [0.25, 0.3) is 0 Å². The lowest BCUT2D eigenvalue weighted by Crippen LogP contribution is -2.25. The van der Waals surface area contributed by atoms with Crippen molar-refractivity contribution in [2.24, 2.45) is 0 Å². The maximum Gasteiger partial charge on any atom is 0.414 e. The molecular weight excluding hydrogens is 266 g/mol. The molecule has 2 fully saturated rings. The monoisotopic (exact) mass is 289 g/mol. The van der Waals surface area contributed by atoms with Crippen LogP contribution in [0.15, 0.2) is 24.3 Å². The van der Waals surface area contributed by atoms with Gasteiger partial charge in [0.25, 0.3) is 0 Å². The average Bonchev–Trinajstić information content (AvgIpc) is 2.89. The van der Waals surface area contributed by atoms with Crippen molar-refractivity contribution in [1.82, 2.24) is 0 Å². The lowest BCUT2D eigenvalue weighted by Gasteiger charge is -2.22. The summed E-state index contributed by atoms with van der Waals surface area (Å²) >= 11 is 0. The highest BCUT2D eigenvalue weighted by Crippen LogP contribution is 2.33. The standard InChI is InChI=1S/C17H23NO3/c1-20-12-16-11-18(17(19)21-16)15-9-7-14(8-10-15)13-5-3-2-4-6-13/h7-10,13,16H,2-6,11-12H2,1H3/t16-/m0/s1. The normalized spacial score (nSPS) is 23.4. The average molecular weight is 289 g/mol. The molecule has 1 saturated carbocycles. The van der Waals surface area contributed by atoms with E-state index in [4.69, 9.17) is 9.47 Å². The van der Waals surface area contributed by atoms with Crippen LogP contribution in [-0.2, 0) is 9.47 Å². The molecule has 21 heavy (non-hydrogen) atoms. The van der Waals surface area contributed by atoms with Crippen LogP contribution in [0.5, 0.6) is 0 Å². The number of rotatable bonds is 4. The highest BCUT2D eigenvalue weighted by molar-refractivity contribution is 5.89. The molecule has 1 aromatic carbocycles. The lowest BCUT2D eigenvalue weighted by atomic mass is 9.84. The van der Waals surface area contributed by atoms with Crippen molar-refractivity contribution in [2.75, 3.05) is 25.2 Å². The van der Waals surface area contributed by atoms with Crippen LogP contribution in [0.1, 0.15) is 43.6 Å². The van der Waals surface area contributed by atoms with Crippen molar-refractivity contribution in [3.8, 4) is 0 Å². The number of hydrogen-bond donors (Lipinski definition) is 0. The summed E-state index contributed by atoms with van der Waals surface area (Å²) in [7, 11) is 1.62. The highest BCUT2D eigenvalue weighted by atomic mass is 16.6. The van der Waals surface area contributed by atoms with Gasteiger partial charge >= 0.3 is 6.09 Å². The lowest BCUT2D eigenvalue weighted by molar-refractivity contribution is 0.0718. The Kier molecular flexibility index (Phi) is 4.44. The van der Waals surface area contributed by atoms with Crippen LogP contribution in [-0.4, -0.2) is 32.5 Å². The molecule has 1 aromatic rings. The summed E-state index contributed by atoms with van der Waals surface area (Å²) in [6.07, 6.45) is 6.19. The minimum Gasteiger partial charge on any atom is -0.441 e. The number of carbonyl (C=O) groups excluding carboxylic acids is 1. The van der Waals surface area contributed by atoms with Crippen LogP contribution in [0.3, 0.4) is 0 Å². The van der Waals surface area contributed by atoms with Crippen molar-refractivity contribution >= 4 is 11.8 Å². The van der Waals surface area contributed by atoms with E-state index in [0.717, 1.165) is 5.69 Å². The van der Waals surface area contributed by atoms with Crippen molar-refractivity contribution < 1.29 is 14.3 Å². The predicted octanol–water partition coefficient (Wildman–Crippen LogP) is 3.71. The van der Waals surface area contributed by atoms with E-state index < -0.39 is 0 Å². The molecule has 0 aromatic heterocycles. The van der Waals surface area contributed by atoms with E-state index in [1.807, 2.05) is 12.1 Å². The second-order valence-corrected chi connectivity index (χ2v) is 6.00. The molecule has 1 amide bonds. The summed E-state index contributed by atoms with van der Waals surface area (Å²) in [6, 6.07) is 8.42. The third-order valence-electron chi connectivity index (χ3n) is 4.51. The predicted molar refractivity (Wildman–Crippen MR) is 81.8 cm³/mol. The number of cyclic esters (lactones) is 1. The molecule has 1 atom stereocenters. The zero-order valence-corrected chi connectivity index (χ0v) is 12.6. The first kappa shape index (κ1) is 14.4. The molecule has 0 radical (unpaired) electrons. The Labute approximate surface area is 126 Å². The Bertz CT molecular complexity index is 479. The molecule has 114 valence electrons. The van der Waals surface area contributed by atoms with Gasteiger partial charge in [-0.05, 0) is 36.5 Å². The Morgan fingerprint density at radius 3 is 2.57 bits per heavy atom. The van der Waals surface area contributed by atoms with Crippen LogP contribution in [0, 0.1) is 0 Å². The van der Waals surface area contributed by atoms with Crippen LogP contribution >= 0.6 is 0 Å². The molecule has 0 N–H and O–H groups in total. The van der Waals surface area contributed by atoms with Gasteiger partial charge in [0.05, 0.1) is 13.2 Å². The molecular formula is C17H23NO3. The van der Waals surface area contributed by atoms with E-state index in [0.29, 0.717) is 19.1 Å². The largest absolute Gasteiger partial charge is 0.441 e. The first-order valence-electron chi connectivity index (χ1n) is 7.85. The Morgan fingerprint density at radius 2 is 1.90 bits per heavy atom. The first-order valence-corrected chi connectivity index (χ1v) is 7.85. The number of nitrogens with zero attached hydrogens (tertiary/aromatic N) is 1. The fraction of sp³-hybridized carbons (Fsp3) is 0.588. The van der Waals surface area contributed by atoms with Gasteiger partial charge in [-0.3, -0.25) is 4.90 Å². The van der Waals surface area contributed by atoms with Crippen LogP contribution in [0.4, 0.5) is 10.5 Å². The summed E-state index contributed by atoms with van der Waals surface area (Å²) in [5.41, 5.74) is 2.32. The summed E-state index contributed by atoms with van der Waals surface area (Å²) in [4.78, 5) is 13.6. The minimum atomic E-state index is -0.275. The fourth-order valence-electron chi connectivity index (χ4n) is 3.37. The van der Waals surface area contributed by atoms with E-state index in [-0.39, 0.29) is 12.2 Å².